The molecule has 15 heteroatoms. The molecule has 2 atom stereocenters. The van der Waals surface area contributed by atoms with Crippen LogP contribution in [0, 0.1) is 12.7 Å². The Hall–Kier alpha value is -3.56. The van der Waals surface area contributed by atoms with Gasteiger partial charge in [-0.2, -0.15) is 9.61 Å². The van der Waals surface area contributed by atoms with Crippen molar-refractivity contribution in [3.8, 4) is 5.75 Å². The number of aromatic nitrogens is 6. The lowest BCUT2D eigenvalue weighted by atomic mass is 10.2. The van der Waals surface area contributed by atoms with Gasteiger partial charge in [0.2, 0.25) is 5.95 Å². The number of fused-ring (bicyclic) bond motifs is 3. The Balaban J connectivity index is 1.54. The van der Waals surface area contributed by atoms with E-state index in [0.29, 0.717) is 10.9 Å². The summed E-state index contributed by atoms with van der Waals surface area (Å²) in [6, 6.07) is 2.61. The molecule has 1 aliphatic heterocycles. The molecule has 0 saturated carbocycles. The smallest absolute Gasteiger partial charge is 0.223 e. The Labute approximate surface area is 211 Å². The summed E-state index contributed by atoms with van der Waals surface area (Å²) in [5.74, 6) is -2.16. The van der Waals surface area contributed by atoms with Crippen LogP contribution in [0.25, 0.3) is 16.6 Å². The lowest BCUT2D eigenvalue weighted by molar-refractivity contribution is -0.181. The van der Waals surface area contributed by atoms with Crippen molar-refractivity contribution in [2.45, 2.75) is 31.4 Å². The second kappa shape index (κ2) is 8.78. The number of nitrogens with zero attached hydrogens (tertiary/aromatic N) is 7. The van der Waals surface area contributed by atoms with E-state index in [1.807, 2.05) is 11.8 Å². The highest BCUT2D eigenvalue weighted by molar-refractivity contribution is 7.91. The van der Waals surface area contributed by atoms with E-state index in [4.69, 9.17) is 15.2 Å². The molecule has 0 radical (unpaired) electrons. The second-order valence-electron chi connectivity index (χ2n) is 9.13. The molecule has 4 heterocycles. The number of methoxy groups -OCH3 is 2. The molecule has 3 aromatic heterocycles. The average Bonchev–Trinajstić information content (AvgIpc) is 3.44. The van der Waals surface area contributed by atoms with Crippen molar-refractivity contribution in [2.75, 3.05) is 43.7 Å². The molecule has 1 aromatic carbocycles. The fourth-order valence-electron chi connectivity index (χ4n) is 4.43. The molecular formula is C22H27FN8O5S. The summed E-state index contributed by atoms with van der Waals surface area (Å²) >= 11 is 0. The molecule has 1 aliphatic rings. The first-order valence-corrected chi connectivity index (χ1v) is 13.1. The van der Waals surface area contributed by atoms with Gasteiger partial charge in [0.25, 0.3) is 0 Å². The minimum atomic E-state index is -3.61. The van der Waals surface area contributed by atoms with Crippen molar-refractivity contribution < 1.29 is 27.4 Å². The lowest BCUT2D eigenvalue weighted by Crippen LogP contribution is -2.43. The monoisotopic (exact) mass is 534 g/mol. The van der Waals surface area contributed by atoms with E-state index < -0.39 is 26.7 Å². The summed E-state index contributed by atoms with van der Waals surface area (Å²) < 4.78 is 53.6. The van der Waals surface area contributed by atoms with E-state index in [9.17, 15) is 17.9 Å². The number of anilines is 2. The average molecular weight is 535 g/mol. The molecule has 1 saturated heterocycles. The molecule has 0 spiro atoms. The highest BCUT2D eigenvalue weighted by Crippen LogP contribution is 2.33. The summed E-state index contributed by atoms with van der Waals surface area (Å²) in [6.07, 6.45) is 1.62. The molecule has 0 bridgehead atoms. The highest BCUT2D eigenvalue weighted by atomic mass is 32.2. The Morgan fingerprint density at radius 3 is 2.76 bits per heavy atom. The number of ether oxygens (including phenoxy) is 2. The summed E-state index contributed by atoms with van der Waals surface area (Å²) in [6.45, 7) is 3.77. The van der Waals surface area contributed by atoms with Crippen LogP contribution in [0.1, 0.15) is 23.7 Å². The molecule has 13 nitrogen and oxygen atoms in total. The largest absolute Gasteiger partial charge is 0.494 e. The maximum absolute atomic E-state index is 14.5. The van der Waals surface area contributed by atoms with E-state index in [1.165, 1.54) is 37.8 Å². The second-order valence-corrected chi connectivity index (χ2v) is 11.4. The maximum Gasteiger partial charge on any atom is 0.223 e. The zero-order valence-electron chi connectivity index (χ0n) is 20.7. The molecule has 5 rings (SSSR count). The Morgan fingerprint density at radius 2 is 2.05 bits per heavy atom. The van der Waals surface area contributed by atoms with Gasteiger partial charge in [-0.1, -0.05) is 0 Å². The van der Waals surface area contributed by atoms with Gasteiger partial charge in [0.05, 0.1) is 42.5 Å². The zero-order chi connectivity index (χ0) is 26.7. The number of sulfone groups is 1. The lowest BCUT2D eigenvalue weighted by Gasteiger charge is -2.32. The molecule has 3 N–H and O–H groups in total. The van der Waals surface area contributed by atoms with Crippen LogP contribution in [0.4, 0.5) is 16.0 Å². The van der Waals surface area contributed by atoms with Crippen molar-refractivity contribution in [1.82, 2.24) is 29.4 Å². The molecule has 4 aromatic rings. The summed E-state index contributed by atoms with van der Waals surface area (Å²) in [5.41, 5.74) is 8.07. The number of halogens is 1. The molecule has 0 aliphatic carbocycles. The topological polar surface area (TPSA) is 163 Å². The number of nitrogen functional groups attached to an aromatic ring is 1. The van der Waals surface area contributed by atoms with Gasteiger partial charge in [0.15, 0.2) is 38.7 Å². The van der Waals surface area contributed by atoms with Crippen molar-refractivity contribution in [3.05, 3.63) is 35.7 Å². The van der Waals surface area contributed by atoms with E-state index in [1.54, 1.807) is 10.9 Å². The summed E-state index contributed by atoms with van der Waals surface area (Å²) in [7, 11) is -0.871. The van der Waals surface area contributed by atoms with E-state index in [2.05, 4.69) is 20.2 Å². The summed E-state index contributed by atoms with van der Waals surface area (Å²) in [4.78, 5) is 10.6. The third-order valence-corrected chi connectivity index (χ3v) is 8.62. The van der Waals surface area contributed by atoms with Gasteiger partial charge in [0, 0.05) is 31.7 Å². The Kier molecular flexibility index (Phi) is 5.96. The highest BCUT2D eigenvalue weighted by Gasteiger charge is 2.38. The fourth-order valence-corrected chi connectivity index (χ4v) is 6.02. The third kappa shape index (κ3) is 4.32. The number of rotatable bonds is 6. The van der Waals surface area contributed by atoms with Crippen molar-refractivity contribution in [3.63, 3.8) is 0 Å². The van der Waals surface area contributed by atoms with Crippen LogP contribution in [0.15, 0.2) is 18.3 Å². The van der Waals surface area contributed by atoms with Crippen LogP contribution in [-0.2, 0) is 21.1 Å². The summed E-state index contributed by atoms with van der Waals surface area (Å²) in [5, 5.41) is 18.2. The number of aliphatic hydroxyl groups is 1. The van der Waals surface area contributed by atoms with Gasteiger partial charge in [-0.25, -0.2) is 22.8 Å². The van der Waals surface area contributed by atoms with E-state index >= 15 is 0 Å². The number of benzene rings is 1. The van der Waals surface area contributed by atoms with E-state index in [-0.39, 0.29) is 48.6 Å². The van der Waals surface area contributed by atoms with Crippen LogP contribution < -0.4 is 15.4 Å². The third-order valence-electron chi connectivity index (χ3n) is 6.64. The predicted molar refractivity (Wildman–Crippen MR) is 133 cm³/mol. The maximum atomic E-state index is 14.5. The SMILES string of the molecule is COc1cc2nc(N)n3nc(C4CN(c5cnn(CC(C)(O)OC)c5C)CCS4(=O)=O)nc3c2cc1F. The van der Waals surface area contributed by atoms with Gasteiger partial charge in [-0.3, -0.25) is 4.68 Å². The van der Waals surface area contributed by atoms with Gasteiger partial charge in [-0.15, -0.1) is 5.10 Å². The van der Waals surface area contributed by atoms with E-state index in [0.717, 1.165) is 11.4 Å². The minimum Gasteiger partial charge on any atom is -0.494 e. The van der Waals surface area contributed by atoms with Crippen LogP contribution >= 0.6 is 0 Å². The van der Waals surface area contributed by atoms with Gasteiger partial charge in [0.1, 0.15) is 5.25 Å². The van der Waals surface area contributed by atoms with Crippen LogP contribution in [0.2, 0.25) is 0 Å². The number of nitrogens with two attached hydrogens (primary N) is 1. The van der Waals surface area contributed by atoms with Crippen molar-refractivity contribution in [2.24, 2.45) is 0 Å². The van der Waals surface area contributed by atoms with Crippen molar-refractivity contribution in [1.29, 1.82) is 0 Å². The fraction of sp³-hybridized carbons (Fsp3) is 0.455. The van der Waals surface area contributed by atoms with Crippen LogP contribution in [0.3, 0.4) is 0 Å². The molecule has 0 amide bonds. The normalized spacial score (nSPS) is 19.4. The Morgan fingerprint density at radius 1 is 1.30 bits per heavy atom. The first-order valence-electron chi connectivity index (χ1n) is 11.4. The van der Waals surface area contributed by atoms with Crippen molar-refractivity contribution >= 4 is 38.0 Å². The first-order chi connectivity index (χ1) is 17.4. The predicted octanol–water partition coefficient (Wildman–Crippen LogP) is 0.843. The Bertz CT molecular complexity index is 1620. The van der Waals surface area contributed by atoms with Gasteiger partial charge >= 0.3 is 0 Å². The molecular weight excluding hydrogens is 507 g/mol. The molecule has 1 fully saturated rings. The van der Waals surface area contributed by atoms with Crippen LogP contribution in [0.5, 0.6) is 5.75 Å². The molecule has 2 unspecified atom stereocenters. The zero-order valence-corrected chi connectivity index (χ0v) is 21.5. The van der Waals surface area contributed by atoms with Gasteiger partial charge < -0.3 is 25.2 Å². The minimum absolute atomic E-state index is 0.00285. The number of hydrogen-bond donors (Lipinski definition) is 2. The number of hydrogen-bond acceptors (Lipinski definition) is 11. The molecule has 37 heavy (non-hydrogen) atoms. The first kappa shape index (κ1) is 25.1. The molecule has 198 valence electrons. The standard InChI is InChI=1S/C22H27FN8O5S/c1-12-16(9-25-30(12)11-22(2,32)36-4)29-5-6-37(33,34)18(10-29)19-27-20-13-7-14(23)17(35-3)8-15(13)26-21(24)31(20)28-19/h7-9,18,32H,5-6,10-11H2,1-4H3,(H2,24,26). The quantitative estimate of drug-likeness (QED) is 0.337. The van der Waals surface area contributed by atoms with Gasteiger partial charge in [-0.05, 0) is 19.9 Å². The van der Waals surface area contributed by atoms with Crippen LogP contribution in [-0.4, -0.2) is 81.7 Å².